The van der Waals surface area contributed by atoms with Gasteiger partial charge in [-0.1, -0.05) is 59.7 Å². The van der Waals surface area contributed by atoms with Gasteiger partial charge in [-0.25, -0.2) is 4.39 Å². The van der Waals surface area contributed by atoms with Crippen LogP contribution in [-0.2, 0) is 0 Å². The molecule has 0 bridgehead atoms. The molecule has 0 unspecified atom stereocenters. The average Bonchev–Trinajstić information content (AvgIpc) is 2.80. The monoisotopic (exact) mass is 433 g/mol. The van der Waals surface area contributed by atoms with Gasteiger partial charge in [-0.2, -0.15) is 0 Å². The Morgan fingerprint density at radius 1 is 0.688 bits per heavy atom. The van der Waals surface area contributed by atoms with Crippen LogP contribution in [0.25, 0.3) is 0 Å². The Hall–Kier alpha value is -2.69. The zero-order valence-corrected chi connectivity index (χ0v) is 19.8. The molecule has 3 nitrogen and oxygen atoms in total. The van der Waals surface area contributed by atoms with E-state index in [0.717, 1.165) is 31.9 Å². The molecule has 4 rings (SSSR count). The van der Waals surface area contributed by atoms with Crippen molar-refractivity contribution in [1.82, 2.24) is 4.90 Å². The van der Waals surface area contributed by atoms with Gasteiger partial charge in [-0.05, 0) is 63.1 Å². The minimum absolute atomic E-state index is 0.153. The maximum Gasteiger partial charge on any atom is 0.123 e. The summed E-state index contributed by atoms with van der Waals surface area (Å²) in [6.07, 6.45) is 0. The molecule has 170 valence electrons. The van der Waals surface area contributed by atoms with Gasteiger partial charge < -0.3 is 10.6 Å². The summed E-state index contributed by atoms with van der Waals surface area (Å²) in [5.41, 5.74) is 11.9. The van der Waals surface area contributed by atoms with Crippen molar-refractivity contribution >= 4 is 5.69 Å². The lowest BCUT2D eigenvalue weighted by Crippen LogP contribution is -2.47. The van der Waals surface area contributed by atoms with E-state index in [1.165, 1.54) is 34.4 Å². The number of nitrogens with two attached hydrogens (primary N) is 1. The zero-order chi connectivity index (χ0) is 23.1. The van der Waals surface area contributed by atoms with Crippen molar-refractivity contribution in [2.24, 2.45) is 5.73 Å². The van der Waals surface area contributed by atoms with Gasteiger partial charge in [0.25, 0.3) is 0 Å². The second-order valence-corrected chi connectivity index (χ2v) is 8.79. The predicted molar refractivity (Wildman–Crippen MR) is 134 cm³/mol. The van der Waals surface area contributed by atoms with Crippen LogP contribution >= 0.6 is 0 Å². The summed E-state index contributed by atoms with van der Waals surface area (Å²) < 4.78 is 13.0. The van der Waals surface area contributed by atoms with Crippen LogP contribution in [0.5, 0.6) is 0 Å². The highest BCUT2D eigenvalue weighted by Crippen LogP contribution is 2.24. The summed E-state index contributed by atoms with van der Waals surface area (Å²) in [6, 6.07) is 24.5. The van der Waals surface area contributed by atoms with Crippen molar-refractivity contribution in [1.29, 1.82) is 0 Å². The van der Waals surface area contributed by atoms with Crippen LogP contribution < -0.4 is 10.6 Å². The van der Waals surface area contributed by atoms with Crippen molar-refractivity contribution in [3.05, 3.63) is 101 Å². The Bertz CT molecular complexity index is 941. The van der Waals surface area contributed by atoms with E-state index in [-0.39, 0.29) is 11.9 Å². The Morgan fingerprint density at radius 2 is 1.16 bits per heavy atom. The molecule has 0 radical (unpaired) electrons. The number of nitrogens with zero attached hydrogens (tertiary/aromatic N) is 2. The SMILES string of the molecule is Cc1ccc([C@@H](C)N)cc1.Cc1ccc([C@@H](C)N2CCN(c3ccc(F)cc3)CC2)cc1. The fourth-order valence-electron chi connectivity index (χ4n) is 3.95. The molecule has 4 heteroatoms. The van der Waals surface area contributed by atoms with E-state index < -0.39 is 0 Å². The lowest BCUT2D eigenvalue weighted by atomic mass is 10.0. The summed E-state index contributed by atoms with van der Waals surface area (Å²) in [4.78, 5) is 4.85. The van der Waals surface area contributed by atoms with Gasteiger partial charge in [0.1, 0.15) is 5.82 Å². The molecule has 0 aromatic heterocycles. The van der Waals surface area contributed by atoms with E-state index in [1.807, 2.05) is 19.1 Å². The number of rotatable bonds is 4. The molecule has 2 N–H and O–H groups in total. The second-order valence-electron chi connectivity index (χ2n) is 8.79. The minimum Gasteiger partial charge on any atom is -0.369 e. The highest BCUT2D eigenvalue weighted by Gasteiger charge is 2.22. The molecule has 32 heavy (non-hydrogen) atoms. The second kappa shape index (κ2) is 11.3. The normalized spacial score (nSPS) is 16.1. The molecule has 1 aliphatic heterocycles. The fourth-order valence-corrected chi connectivity index (χ4v) is 3.95. The van der Waals surface area contributed by atoms with Gasteiger partial charge in [0.2, 0.25) is 0 Å². The van der Waals surface area contributed by atoms with Gasteiger partial charge in [0.05, 0.1) is 0 Å². The quantitative estimate of drug-likeness (QED) is 0.545. The van der Waals surface area contributed by atoms with Crippen LogP contribution in [0.4, 0.5) is 10.1 Å². The Morgan fingerprint density at radius 3 is 1.62 bits per heavy atom. The van der Waals surface area contributed by atoms with Gasteiger partial charge in [0.15, 0.2) is 0 Å². The van der Waals surface area contributed by atoms with Crippen molar-refractivity contribution in [3.8, 4) is 0 Å². The van der Waals surface area contributed by atoms with Crippen molar-refractivity contribution < 1.29 is 4.39 Å². The molecule has 0 amide bonds. The highest BCUT2D eigenvalue weighted by atomic mass is 19.1. The van der Waals surface area contributed by atoms with Crippen molar-refractivity contribution in [3.63, 3.8) is 0 Å². The molecule has 3 aromatic rings. The third kappa shape index (κ3) is 6.65. The van der Waals surface area contributed by atoms with E-state index in [1.54, 1.807) is 0 Å². The van der Waals surface area contributed by atoms with Crippen molar-refractivity contribution in [2.45, 2.75) is 39.8 Å². The van der Waals surface area contributed by atoms with Crippen LogP contribution in [0, 0.1) is 19.7 Å². The Kier molecular flexibility index (Phi) is 8.43. The lowest BCUT2D eigenvalue weighted by molar-refractivity contribution is 0.198. The standard InChI is InChI=1S/C19H23FN2.C9H13N/c1-15-3-5-17(6-4-15)16(2)21-11-13-22(14-12-21)19-9-7-18(20)8-10-19;1-7-3-5-9(6-4-7)8(2)10/h3-10,16H,11-14H2,1-2H3;3-6,8H,10H2,1-2H3/t16-;8-/m11/s1. The van der Waals surface area contributed by atoms with Gasteiger partial charge >= 0.3 is 0 Å². The largest absolute Gasteiger partial charge is 0.369 e. The van der Waals surface area contributed by atoms with E-state index >= 15 is 0 Å². The molecule has 0 aliphatic carbocycles. The fraction of sp³-hybridized carbons (Fsp3) is 0.357. The van der Waals surface area contributed by atoms with Gasteiger partial charge in [-0.3, -0.25) is 4.90 Å². The first-order chi connectivity index (χ1) is 15.3. The molecule has 1 heterocycles. The maximum absolute atomic E-state index is 13.0. The number of anilines is 1. The average molecular weight is 434 g/mol. The molecular formula is C28H36FN3. The third-order valence-electron chi connectivity index (χ3n) is 6.22. The molecule has 0 saturated carbocycles. The summed E-state index contributed by atoms with van der Waals surface area (Å²) in [5.74, 6) is -0.171. The number of benzene rings is 3. The zero-order valence-electron chi connectivity index (χ0n) is 19.8. The highest BCUT2D eigenvalue weighted by molar-refractivity contribution is 5.46. The summed E-state index contributed by atoms with van der Waals surface area (Å²) in [5, 5.41) is 0. The lowest BCUT2D eigenvalue weighted by Gasteiger charge is -2.39. The van der Waals surface area contributed by atoms with Crippen LogP contribution in [0.3, 0.4) is 0 Å². The van der Waals surface area contributed by atoms with Crippen LogP contribution in [0.15, 0.2) is 72.8 Å². The smallest absolute Gasteiger partial charge is 0.123 e. The topological polar surface area (TPSA) is 32.5 Å². The number of aryl methyl sites for hydroxylation is 2. The number of hydrogen-bond donors (Lipinski definition) is 1. The van der Waals surface area contributed by atoms with E-state index in [9.17, 15) is 4.39 Å². The number of hydrogen-bond acceptors (Lipinski definition) is 3. The van der Waals surface area contributed by atoms with Gasteiger partial charge in [0, 0.05) is 44.0 Å². The number of piperazine rings is 1. The molecular weight excluding hydrogens is 397 g/mol. The van der Waals surface area contributed by atoms with E-state index in [2.05, 4.69) is 79.1 Å². The summed E-state index contributed by atoms with van der Waals surface area (Å²) in [6.45, 7) is 12.5. The third-order valence-corrected chi connectivity index (χ3v) is 6.22. The first kappa shape index (κ1) is 24.0. The molecule has 3 aromatic carbocycles. The predicted octanol–water partition coefficient (Wildman–Crippen LogP) is 6.03. The molecule has 0 spiro atoms. The molecule has 1 aliphatic rings. The van der Waals surface area contributed by atoms with Crippen LogP contribution in [0.1, 0.15) is 48.2 Å². The Balaban J connectivity index is 0.000000243. The van der Waals surface area contributed by atoms with Crippen LogP contribution in [0.2, 0.25) is 0 Å². The van der Waals surface area contributed by atoms with E-state index in [4.69, 9.17) is 5.73 Å². The first-order valence-corrected chi connectivity index (χ1v) is 11.5. The molecule has 1 fully saturated rings. The molecule has 1 saturated heterocycles. The summed E-state index contributed by atoms with van der Waals surface area (Å²) in [7, 11) is 0. The Labute approximate surface area is 192 Å². The number of halogens is 1. The van der Waals surface area contributed by atoms with E-state index in [0.29, 0.717) is 6.04 Å². The molecule has 2 atom stereocenters. The van der Waals surface area contributed by atoms with Crippen molar-refractivity contribution in [2.75, 3.05) is 31.1 Å². The maximum atomic E-state index is 13.0. The first-order valence-electron chi connectivity index (χ1n) is 11.5. The van der Waals surface area contributed by atoms with Crippen LogP contribution in [-0.4, -0.2) is 31.1 Å². The van der Waals surface area contributed by atoms with Gasteiger partial charge in [-0.15, -0.1) is 0 Å². The summed E-state index contributed by atoms with van der Waals surface area (Å²) >= 11 is 0. The minimum atomic E-state index is -0.171.